The van der Waals surface area contributed by atoms with E-state index in [9.17, 15) is 4.79 Å². The molecule has 1 aromatic rings. The van der Waals surface area contributed by atoms with Gasteiger partial charge >= 0.3 is 0 Å². The lowest BCUT2D eigenvalue weighted by molar-refractivity contribution is -0.117. The Labute approximate surface area is 112 Å². The Hall–Kier alpha value is -1.26. The van der Waals surface area contributed by atoms with Gasteiger partial charge in [-0.15, -0.1) is 0 Å². The molecule has 4 nitrogen and oxygen atoms in total. The SMILES string of the molecule is CCC(CN)CC(=O)Nc1cc(Cl)ccc1OC. The van der Waals surface area contributed by atoms with Gasteiger partial charge in [-0.2, -0.15) is 0 Å². The third-order valence-electron chi connectivity index (χ3n) is 2.82. The van der Waals surface area contributed by atoms with Crippen LogP contribution in [0.3, 0.4) is 0 Å². The first-order chi connectivity index (χ1) is 8.60. The number of ether oxygens (including phenoxy) is 1. The molecular weight excluding hydrogens is 252 g/mol. The van der Waals surface area contributed by atoms with Gasteiger partial charge in [0.1, 0.15) is 5.75 Å². The van der Waals surface area contributed by atoms with Crippen LogP contribution in [0.4, 0.5) is 5.69 Å². The lowest BCUT2D eigenvalue weighted by Gasteiger charge is -2.14. The summed E-state index contributed by atoms with van der Waals surface area (Å²) in [6.07, 6.45) is 1.29. The molecule has 0 aliphatic carbocycles. The molecule has 1 aromatic carbocycles. The van der Waals surface area contributed by atoms with Crippen LogP contribution in [0.2, 0.25) is 5.02 Å². The fraction of sp³-hybridized carbons (Fsp3) is 0.462. The number of nitrogens with one attached hydrogen (secondary N) is 1. The Kier molecular flexibility index (Phi) is 5.95. The number of hydrogen-bond acceptors (Lipinski definition) is 3. The highest BCUT2D eigenvalue weighted by Crippen LogP contribution is 2.28. The molecule has 1 atom stereocenters. The Morgan fingerprint density at radius 2 is 2.28 bits per heavy atom. The highest BCUT2D eigenvalue weighted by atomic mass is 35.5. The normalized spacial score (nSPS) is 12.0. The van der Waals surface area contributed by atoms with E-state index in [1.165, 1.54) is 0 Å². The van der Waals surface area contributed by atoms with E-state index in [4.69, 9.17) is 22.1 Å². The zero-order valence-corrected chi connectivity index (χ0v) is 11.5. The Morgan fingerprint density at radius 3 is 2.83 bits per heavy atom. The van der Waals surface area contributed by atoms with Gasteiger partial charge < -0.3 is 15.8 Å². The summed E-state index contributed by atoms with van der Waals surface area (Å²) in [4.78, 5) is 11.9. The van der Waals surface area contributed by atoms with E-state index in [1.54, 1.807) is 25.3 Å². The Balaban J connectivity index is 2.71. The molecule has 3 N–H and O–H groups in total. The van der Waals surface area contributed by atoms with Crippen molar-refractivity contribution in [3.8, 4) is 5.75 Å². The van der Waals surface area contributed by atoms with Gasteiger partial charge in [0.05, 0.1) is 12.8 Å². The summed E-state index contributed by atoms with van der Waals surface area (Å²) in [7, 11) is 1.55. The van der Waals surface area contributed by atoms with Crippen molar-refractivity contribution in [3.05, 3.63) is 23.2 Å². The summed E-state index contributed by atoms with van der Waals surface area (Å²) in [5.41, 5.74) is 6.16. The molecule has 0 aliphatic rings. The fourth-order valence-corrected chi connectivity index (χ4v) is 1.81. The molecule has 0 saturated carbocycles. The molecule has 5 heteroatoms. The minimum absolute atomic E-state index is 0.0760. The number of methoxy groups -OCH3 is 1. The van der Waals surface area contributed by atoms with Gasteiger partial charge in [-0.05, 0) is 30.7 Å². The molecule has 0 aliphatic heterocycles. The van der Waals surface area contributed by atoms with Crippen molar-refractivity contribution in [2.24, 2.45) is 11.7 Å². The smallest absolute Gasteiger partial charge is 0.224 e. The number of halogens is 1. The highest BCUT2D eigenvalue weighted by Gasteiger charge is 2.12. The molecule has 0 fully saturated rings. The van der Waals surface area contributed by atoms with Gasteiger partial charge in [-0.1, -0.05) is 24.9 Å². The minimum atomic E-state index is -0.0760. The van der Waals surface area contributed by atoms with Crippen molar-refractivity contribution in [2.45, 2.75) is 19.8 Å². The van der Waals surface area contributed by atoms with Crippen LogP contribution < -0.4 is 15.8 Å². The molecule has 100 valence electrons. The van der Waals surface area contributed by atoms with Crippen molar-refractivity contribution in [3.63, 3.8) is 0 Å². The number of rotatable bonds is 6. The third-order valence-corrected chi connectivity index (χ3v) is 3.06. The van der Waals surface area contributed by atoms with Gasteiger partial charge in [-0.3, -0.25) is 4.79 Å². The first-order valence-electron chi connectivity index (χ1n) is 5.94. The van der Waals surface area contributed by atoms with E-state index in [1.807, 2.05) is 6.92 Å². The van der Waals surface area contributed by atoms with E-state index in [0.717, 1.165) is 6.42 Å². The van der Waals surface area contributed by atoms with Crippen molar-refractivity contribution < 1.29 is 9.53 Å². The second-order valence-electron chi connectivity index (χ2n) is 4.11. The molecule has 0 radical (unpaired) electrons. The summed E-state index contributed by atoms with van der Waals surface area (Å²) in [6.45, 7) is 2.53. The highest BCUT2D eigenvalue weighted by molar-refractivity contribution is 6.31. The van der Waals surface area contributed by atoms with Crippen LogP contribution in [0, 0.1) is 5.92 Å². The summed E-state index contributed by atoms with van der Waals surface area (Å²) >= 11 is 5.89. The zero-order chi connectivity index (χ0) is 13.5. The minimum Gasteiger partial charge on any atom is -0.495 e. The average Bonchev–Trinajstić information content (AvgIpc) is 2.36. The Bertz CT molecular complexity index is 406. The van der Waals surface area contributed by atoms with Gasteiger partial charge in [0, 0.05) is 11.4 Å². The molecule has 18 heavy (non-hydrogen) atoms. The van der Waals surface area contributed by atoms with Crippen LogP contribution in [0.15, 0.2) is 18.2 Å². The quantitative estimate of drug-likeness (QED) is 0.835. The largest absolute Gasteiger partial charge is 0.495 e. The van der Waals surface area contributed by atoms with Gasteiger partial charge in [0.25, 0.3) is 0 Å². The fourth-order valence-electron chi connectivity index (χ4n) is 1.64. The van der Waals surface area contributed by atoms with Crippen LogP contribution in [0.5, 0.6) is 5.75 Å². The number of benzene rings is 1. The number of carbonyl (C=O) groups excluding carboxylic acids is 1. The topological polar surface area (TPSA) is 64.4 Å². The van der Waals surface area contributed by atoms with Crippen molar-refractivity contribution in [2.75, 3.05) is 19.0 Å². The number of hydrogen-bond donors (Lipinski definition) is 2. The summed E-state index contributed by atoms with van der Waals surface area (Å²) in [6, 6.07) is 5.10. The summed E-state index contributed by atoms with van der Waals surface area (Å²) in [5.74, 6) is 0.719. The van der Waals surface area contributed by atoms with Gasteiger partial charge in [-0.25, -0.2) is 0 Å². The molecule has 0 bridgehead atoms. The predicted octanol–water partition coefficient (Wildman–Crippen LogP) is 2.66. The zero-order valence-electron chi connectivity index (χ0n) is 10.7. The van der Waals surface area contributed by atoms with Crippen molar-refractivity contribution in [1.82, 2.24) is 0 Å². The van der Waals surface area contributed by atoms with Crippen LogP contribution in [0.1, 0.15) is 19.8 Å². The average molecular weight is 271 g/mol. The number of amides is 1. The van der Waals surface area contributed by atoms with Crippen molar-refractivity contribution in [1.29, 1.82) is 0 Å². The Morgan fingerprint density at radius 1 is 1.56 bits per heavy atom. The molecule has 0 heterocycles. The second-order valence-corrected chi connectivity index (χ2v) is 4.54. The van der Waals surface area contributed by atoms with Crippen LogP contribution in [-0.4, -0.2) is 19.6 Å². The van der Waals surface area contributed by atoms with Crippen LogP contribution in [0.25, 0.3) is 0 Å². The van der Waals surface area contributed by atoms with E-state index >= 15 is 0 Å². The molecule has 1 unspecified atom stereocenters. The van der Waals surface area contributed by atoms with Crippen LogP contribution >= 0.6 is 11.6 Å². The first kappa shape index (κ1) is 14.8. The molecule has 0 spiro atoms. The lowest BCUT2D eigenvalue weighted by Crippen LogP contribution is -2.21. The van der Waals surface area contributed by atoms with E-state index in [0.29, 0.717) is 29.4 Å². The van der Waals surface area contributed by atoms with E-state index < -0.39 is 0 Å². The molecule has 1 rings (SSSR count). The second kappa shape index (κ2) is 7.24. The first-order valence-corrected chi connectivity index (χ1v) is 6.32. The maximum absolute atomic E-state index is 11.9. The van der Waals surface area contributed by atoms with Gasteiger partial charge in [0.15, 0.2) is 0 Å². The predicted molar refractivity (Wildman–Crippen MR) is 74.1 cm³/mol. The van der Waals surface area contributed by atoms with Gasteiger partial charge in [0.2, 0.25) is 5.91 Å². The lowest BCUT2D eigenvalue weighted by atomic mass is 10.0. The third kappa shape index (κ3) is 4.20. The van der Waals surface area contributed by atoms with E-state index in [2.05, 4.69) is 5.32 Å². The molecule has 0 aromatic heterocycles. The number of nitrogens with two attached hydrogens (primary N) is 1. The van der Waals surface area contributed by atoms with Crippen LogP contribution in [-0.2, 0) is 4.79 Å². The molecule has 0 saturated heterocycles. The number of anilines is 1. The maximum Gasteiger partial charge on any atom is 0.224 e. The maximum atomic E-state index is 11.9. The summed E-state index contributed by atoms with van der Waals surface area (Å²) in [5, 5.41) is 3.35. The molecular formula is C13H19ClN2O2. The molecule has 1 amide bonds. The van der Waals surface area contributed by atoms with E-state index in [-0.39, 0.29) is 11.8 Å². The summed E-state index contributed by atoms with van der Waals surface area (Å²) < 4.78 is 5.16. The van der Waals surface area contributed by atoms with Crippen molar-refractivity contribution >= 4 is 23.2 Å². The standard InChI is InChI=1S/C13H19ClN2O2/c1-3-9(8-15)6-13(17)16-11-7-10(14)4-5-12(11)18-2/h4-5,7,9H,3,6,8,15H2,1-2H3,(H,16,17). The monoisotopic (exact) mass is 270 g/mol. The number of carbonyl (C=O) groups is 1.